The van der Waals surface area contributed by atoms with E-state index in [1.165, 1.54) is 37.5 Å². The van der Waals surface area contributed by atoms with Gasteiger partial charge >= 0.3 is 6.03 Å². The molecule has 154 valence electrons. The van der Waals surface area contributed by atoms with Gasteiger partial charge in [0.2, 0.25) is 0 Å². The molecule has 1 aliphatic rings. The Kier molecular flexibility index (Phi) is 6.09. The van der Waals surface area contributed by atoms with Crippen molar-refractivity contribution in [3.8, 4) is 11.3 Å². The Hall–Kier alpha value is -3.19. The predicted molar refractivity (Wildman–Crippen MR) is 118 cm³/mol. The van der Waals surface area contributed by atoms with Crippen molar-refractivity contribution >= 4 is 34.8 Å². The van der Waals surface area contributed by atoms with Gasteiger partial charge in [-0.2, -0.15) is 0 Å². The normalized spacial score (nSPS) is 13.7. The summed E-state index contributed by atoms with van der Waals surface area (Å²) in [6, 6.07) is 14.8. The molecule has 8 heteroatoms. The maximum atomic E-state index is 13.2. The van der Waals surface area contributed by atoms with Crippen LogP contribution < -0.4 is 15.5 Å². The Morgan fingerprint density at radius 2 is 1.70 bits per heavy atom. The topological polar surface area (TPSA) is 70.2 Å². The lowest BCUT2D eigenvalue weighted by molar-refractivity contribution is 0.262. The monoisotopic (exact) mass is 425 g/mol. The van der Waals surface area contributed by atoms with E-state index in [9.17, 15) is 9.18 Å². The van der Waals surface area contributed by atoms with Crippen LogP contribution in [0.15, 0.2) is 54.6 Å². The molecule has 1 aliphatic heterocycles. The van der Waals surface area contributed by atoms with Crippen LogP contribution in [0, 0.1) is 5.82 Å². The fraction of sp³-hybridized carbons (Fsp3) is 0.227. The SMILES string of the molecule is O=C(Nc1cccc(-c2ccc(N3CCCCC3)nn2)c1)Nc1ccc(F)c(Cl)c1. The Morgan fingerprint density at radius 1 is 0.933 bits per heavy atom. The van der Waals surface area contributed by atoms with Gasteiger partial charge in [0.1, 0.15) is 5.82 Å². The number of carbonyl (C=O) groups excluding carboxylic acids is 1. The van der Waals surface area contributed by atoms with Gasteiger partial charge in [-0.25, -0.2) is 9.18 Å². The third kappa shape index (κ3) is 4.86. The number of carbonyl (C=O) groups is 1. The van der Waals surface area contributed by atoms with Crippen molar-refractivity contribution in [3.05, 3.63) is 65.4 Å². The van der Waals surface area contributed by atoms with Gasteiger partial charge in [-0.1, -0.05) is 23.7 Å². The largest absolute Gasteiger partial charge is 0.355 e. The molecule has 30 heavy (non-hydrogen) atoms. The van der Waals surface area contributed by atoms with Crippen molar-refractivity contribution in [2.75, 3.05) is 28.6 Å². The quantitative estimate of drug-likeness (QED) is 0.573. The first-order chi connectivity index (χ1) is 14.6. The number of aromatic nitrogens is 2. The van der Waals surface area contributed by atoms with Gasteiger partial charge in [0.15, 0.2) is 5.82 Å². The second-order valence-corrected chi connectivity index (χ2v) is 7.52. The van der Waals surface area contributed by atoms with E-state index in [1.807, 2.05) is 30.3 Å². The van der Waals surface area contributed by atoms with Gasteiger partial charge in [-0.15, -0.1) is 10.2 Å². The first kappa shape index (κ1) is 20.1. The van der Waals surface area contributed by atoms with Crippen molar-refractivity contribution in [2.45, 2.75) is 19.3 Å². The van der Waals surface area contributed by atoms with Crippen LogP contribution in [-0.4, -0.2) is 29.3 Å². The van der Waals surface area contributed by atoms with Crippen LogP contribution in [0.5, 0.6) is 0 Å². The molecule has 1 saturated heterocycles. The van der Waals surface area contributed by atoms with Crippen LogP contribution in [0.1, 0.15) is 19.3 Å². The van der Waals surface area contributed by atoms with E-state index in [2.05, 4.69) is 25.7 Å². The molecule has 0 radical (unpaired) electrons. The first-order valence-corrected chi connectivity index (χ1v) is 10.2. The van der Waals surface area contributed by atoms with E-state index in [4.69, 9.17) is 11.6 Å². The number of amides is 2. The molecule has 3 aromatic rings. The highest BCUT2D eigenvalue weighted by Gasteiger charge is 2.13. The van der Waals surface area contributed by atoms with Gasteiger partial charge in [0, 0.05) is 30.0 Å². The van der Waals surface area contributed by atoms with Crippen molar-refractivity contribution in [1.29, 1.82) is 0 Å². The van der Waals surface area contributed by atoms with Crippen LogP contribution >= 0.6 is 11.6 Å². The number of benzene rings is 2. The molecule has 1 aromatic heterocycles. The van der Waals surface area contributed by atoms with E-state index in [0.29, 0.717) is 11.4 Å². The minimum atomic E-state index is -0.539. The Bertz CT molecular complexity index is 1040. The second-order valence-electron chi connectivity index (χ2n) is 7.11. The van der Waals surface area contributed by atoms with Crippen LogP contribution in [-0.2, 0) is 0 Å². The number of nitrogens with zero attached hydrogens (tertiary/aromatic N) is 3. The summed E-state index contributed by atoms with van der Waals surface area (Å²) in [6.07, 6.45) is 3.64. The first-order valence-electron chi connectivity index (χ1n) is 9.81. The molecular weight excluding hydrogens is 405 g/mol. The molecule has 0 spiro atoms. The number of urea groups is 1. The highest BCUT2D eigenvalue weighted by molar-refractivity contribution is 6.31. The highest BCUT2D eigenvalue weighted by Crippen LogP contribution is 2.24. The average molecular weight is 426 g/mol. The molecule has 0 unspecified atom stereocenters. The summed E-state index contributed by atoms with van der Waals surface area (Å²) >= 11 is 5.74. The number of nitrogens with one attached hydrogen (secondary N) is 2. The number of halogens is 2. The van der Waals surface area contributed by atoms with Crippen molar-refractivity contribution < 1.29 is 9.18 Å². The summed E-state index contributed by atoms with van der Waals surface area (Å²) in [5.74, 6) is 0.354. The summed E-state index contributed by atoms with van der Waals surface area (Å²) in [5.41, 5.74) is 2.56. The average Bonchev–Trinajstić information content (AvgIpc) is 2.77. The molecule has 2 heterocycles. The molecule has 4 rings (SSSR count). The number of rotatable bonds is 4. The zero-order chi connectivity index (χ0) is 20.9. The molecule has 2 N–H and O–H groups in total. The molecule has 2 amide bonds. The Balaban J connectivity index is 1.43. The Morgan fingerprint density at radius 3 is 2.40 bits per heavy atom. The van der Waals surface area contributed by atoms with E-state index in [1.54, 1.807) is 6.07 Å². The fourth-order valence-corrected chi connectivity index (χ4v) is 3.57. The van der Waals surface area contributed by atoms with Crippen LogP contribution in [0.2, 0.25) is 5.02 Å². The molecule has 1 fully saturated rings. The van der Waals surface area contributed by atoms with Gasteiger partial charge in [-0.3, -0.25) is 0 Å². The van der Waals surface area contributed by atoms with Gasteiger partial charge in [0.25, 0.3) is 0 Å². The maximum absolute atomic E-state index is 13.2. The van der Waals surface area contributed by atoms with E-state index >= 15 is 0 Å². The molecule has 0 atom stereocenters. The van der Waals surface area contributed by atoms with Gasteiger partial charge in [-0.05, 0) is 61.7 Å². The summed E-state index contributed by atoms with van der Waals surface area (Å²) < 4.78 is 13.2. The minimum Gasteiger partial charge on any atom is -0.355 e. The lowest BCUT2D eigenvalue weighted by Crippen LogP contribution is -2.30. The van der Waals surface area contributed by atoms with Crippen molar-refractivity contribution in [1.82, 2.24) is 10.2 Å². The standard InChI is InChI=1S/C22H21ClFN5O/c23-18-14-17(7-8-19(18)24)26-22(30)25-16-6-4-5-15(13-16)20-9-10-21(28-27-20)29-11-2-1-3-12-29/h4-10,13-14H,1-3,11-12H2,(H2,25,26,30). The third-order valence-corrected chi connectivity index (χ3v) is 5.21. The number of hydrogen-bond acceptors (Lipinski definition) is 4. The summed E-state index contributed by atoms with van der Waals surface area (Å²) in [4.78, 5) is 14.5. The van der Waals surface area contributed by atoms with Crippen LogP contribution in [0.4, 0.5) is 26.4 Å². The van der Waals surface area contributed by atoms with Crippen molar-refractivity contribution in [2.24, 2.45) is 0 Å². The fourth-order valence-electron chi connectivity index (χ4n) is 3.39. The maximum Gasteiger partial charge on any atom is 0.323 e. The number of hydrogen-bond donors (Lipinski definition) is 2. The second kappa shape index (κ2) is 9.09. The zero-order valence-corrected chi connectivity index (χ0v) is 17.0. The summed E-state index contributed by atoms with van der Waals surface area (Å²) in [5, 5.41) is 14.1. The number of piperidine rings is 1. The van der Waals surface area contributed by atoms with Crippen LogP contribution in [0.25, 0.3) is 11.3 Å². The molecule has 0 aliphatic carbocycles. The predicted octanol–water partition coefficient (Wildman–Crippen LogP) is 5.57. The minimum absolute atomic E-state index is 0.0543. The van der Waals surface area contributed by atoms with Gasteiger partial charge < -0.3 is 15.5 Å². The van der Waals surface area contributed by atoms with Gasteiger partial charge in [0.05, 0.1) is 10.7 Å². The smallest absolute Gasteiger partial charge is 0.323 e. The number of anilines is 3. The molecule has 6 nitrogen and oxygen atoms in total. The zero-order valence-electron chi connectivity index (χ0n) is 16.2. The Labute approximate surface area is 179 Å². The highest BCUT2D eigenvalue weighted by atomic mass is 35.5. The third-order valence-electron chi connectivity index (χ3n) is 4.92. The molecule has 2 aromatic carbocycles. The van der Waals surface area contributed by atoms with Crippen LogP contribution in [0.3, 0.4) is 0 Å². The molecule has 0 bridgehead atoms. The van der Waals surface area contributed by atoms with E-state index in [0.717, 1.165) is 30.2 Å². The summed E-state index contributed by atoms with van der Waals surface area (Å²) in [7, 11) is 0. The van der Waals surface area contributed by atoms with Crippen molar-refractivity contribution in [3.63, 3.8) is 0 Å². The lowest BCUT2D eigenvalue weighted by atomic mass is 10.1. The molecular formula is C22H21ClFN5O. The van der Waals surface area contributed by atoms with E-state index < -0.39 is 11.8 Å². The lowest BCUT2D eigenvalue weighted by Gasteiger charge is -2.27. The van der Waals surface area contributed by atoms with E-state index in [-0.39, 0.29) is 5.02 Å². The summed E-state index contributed by atoms with van der Waals surface area (Å²) in [6.45, 7) is 2.03. The molecule has 0 saturated carbocycles.